The highest BCUT2D eigenvalue weighted by Gasteiger charge is 2.47. The average molecular weight is 1880 g/mol. The summed E-state index contributed by atoms with van der Waals surface area (Å²) in [5, 5.41) is 53.6. The smallest absolute Gasteiger partial charge is 0.326 e. The van der Waals surface area contributed by atoms with E-state index in [2.05, 4.69) is 69.3 Å². The molecule has 8 unspecified atom stereocenters. The second-order valence-electron chi connectivity index (χ2n) is 33.5. The molecule has 0 aliphatic carbocycles. The highest BCUT2D eigenvalue weighted by atomic mass is 35.5. The van der Waals surface area contributed by atoms with Crippen molar-refractivity contribution in [3.8, 4) is 23.0 Å². The van der Waals surface area contributed by atoms with Gasteiger partial charge in [-0.25, -0.2) is 18.8 Å². The van der Waals surface area contributed by atoms with Crippen LogP contribution in [0.25, 0.3) is 0 Å². The van der Waals surface area contributed by atoms with Gasteiger partial charge in [0.15, 0.2) is 0 Å². The van der Waals surface area contributed by atoms with Gasteiger partial charge in [-0.05, 0) is 109 Å². The zero-order valence-corrected chi connectivity index (χ0v) is 77.9. The van der Waals surface area contributed by atoms with E-state index in [4.69, 9.17) is 92.5 Å². The van der Waals surface area contributed by atoms with Gasteiger partial charge in [0.05, 0.1) is 159 Å². The van der Waals surface area contributed by atoms with Crippen molar-refractivity contribution in [3.63, 3.8) is 0 Å². The molecule has 3 fully saturated rings. The van der Waals surface area contributed by atoms with Gasteiger partial charge in [-0.1, -0.05) is 128 Å². The molecular formula is C92H122Cl2N24O15. The molecule has 13 rings (SSSR count). The maximum absolute atomic E-state index is 15.2. The van der Waals surface area contributed by atoms with Crippen LogP contribution in [0.3, 0.4) is 0 Å². The molecule has 8 N–H and O–H groups in total. The van der Waals surface area contributed by atoms with Gasteiger partial charge in [0.25, 0.3) is 0 Å². The molecule has 3 saturated heterocycles. The number of nitrogens with two attached hydrogens (primary N) is 2. The number of hydrogen-bond donors (Lipinski definition) is 6. The van der Waals surface area contributed by atoms with Crippen LogP contribution in [-0.2, 0) is 73.6 Å². The Morgan fingerprint density at radius 3 is 1.56 bits per heavy atom. The van der Waals surface area contributed by atoms with Gasteiger partial charge in [-0.3, -0.25) is 29.1 Å². The topological polar surface area (TPSA) is 442 Å². The Morgan fingerprint density at radius 1 is 0.549 bits per heavy atom. The number of halogens is 2. The van der Waals surface area contributed by atoms with Crippen molar-refractivity contribution in [3.05, 3.63) is 189 Å². The summed E-state index contributed by atoms with van der Waals surface area (Å²) in [5.41, 5.74) is 18.9. The lowest BCUT2D eigenvalue weighted by molar-refractivity contribution is -0.139. The zero-order valence-electron chi connectivity index (χ0n) is 76.4. The van der Waals surface area contributed by atoms with Crippen LogP contribution in [0, 0.1) is 11.8 Å². The van der Waals surface area contributed by atoms with Crippen molar-refractivity contribution in [2.75, 3.05) is 187 Å². The van der Waals surface area contributed by atoms with Crippen LogP contribution < -0.4 is 41.4 Å². The van der Waals surface area contributed by atoms with E-state index in [1.54, 1.807) is 130 Å². The zero-order chi connectivity index (χ0) is 93.9. The van der Waals surface area contributed by atoms with Gasteiger partial charge in [-0.2, -0.15) is 15.0 Å². The van der Waals surface area contributed by atoms with Gasteiger partial charge in [-0.15, -0.1) is 15.3 Å². The number of nitrogens with zero attached hydrogens (tertiary/aromatic N) is 20. The maximum atomic E-state index is 15.2. The molecule has 4 aliphatic heterocycles. The van der Waals surface area contributed by atoms with E-state index in [0.29, 0.717) is 206 Å². The Morgan fingerprint density at radius 2 is 1.05 bits per heavy atom. The van der Waals surface area contributed by atoms with Gasteiger partial charge >= 0.3 is 6.03 Å². The minimum atomic E-state index is -0.741. The van der Waals surface area contributed by atoms with Crippen LogP contribution in [0.2, 0.25) is 10.0 Å². The molecule has 6 amide bonds. The number of methoxy groups -OCH3 is 1. The molecule has 8 heterocycles. The Bertz CT molecular complexity index is 5100. The molecule has 4 aromatic heterocycles. The van der Waals surface area contributed by atoms with Gasteiger partial charge < -0.3 is 99.6 Å². The van der Waals surface area contributed by atoms with E-state index in [-0.39, 0.29) is 118 Å². The van der Waals surface area contributed by atoms with E-state index < -0.39 is 30.2 Å². The number of amidine groups is 1. The molecule has 4 aliphatic rings. The summed E-state index contributed by atoms with van der Waals surface area (Å²) in [6.07, 6.45) is 7.41. The number of aromatic hydroxyl groups is 2. The molecule has 5 aromatic carbocycles. The lowest BCUT2D eigenvalue weighted by atomic mass is 9.93. The summed E-state index contributed by atoms with van der Waals surface area (Å²) < 4.78 is 51.5. The minimum absolute atomic E-state index is 0.120. The first-order valence-electron chi connectivity index (χ1n) is 45.4. The average Bonchev–Trinajstić information content (AvgIpc) is 1.59. The Kier molecular flexibility index (Phi) is 36.2. The number of phenolic OH excluding ortho intramolecular Hbond substituents is 2. The van der Waals surface area contributed by atoms with Gasteiger partial charge in [0.2, 0.25) is 41.5 Å². The maximum Gasteiger partial charge on any atom is 0.326 e. The van der Waals surface area contributed by atoms with Crippen molar-refractivity contribution in [2.24, 2.45) is 28.3 Å². The molecule has 714 valence electrons. The standard InChI is InChI=1S/C92H122Cl2N24O15/c1-8-62(5)82(95)75-56-116(107-104-75)77(52-64-10-22-71(119)23-11-64)87(123)109-30-34-111(35-31-109)90-100-89(101-91(102-90)112-36-32-110(33-37-112)88(124)78(53-65-12-24-72(120)25-13-65)117-57-76(105-108-117)83(96)63(6)9-2)98-29-42-128-45-48-131-50-51-132-60-70-55-115(106-103-70)40-43-129-46-49-130-47-44-127-41-28-97-80(121)58-113-38-39-114(59-81(113)122)92(125)118-85(67-16-20-69(94)21-17-67)84(66-14-18-68(93)19-15-66)99-86(118)74-27-26-73(126-7)54-79(74)133-61(3)4/h10-27,54-57,61-63,77-78,82-85,119-120H,8-9,28-53,58-60,95-96H2,1-7H3,(H,97,121)(H,98,100,101,102). The first-order valence-corrected chi connectivity index (χ1v) is 46.1. The van der Waals surface area contributed by atoms with Crippen LogP contribution in [-0.4, -0.2) is 308 Å². The molecule has 0 spiro atoms. The number of benzene rings is 5. The number of rotatable bonds is 48. The van der Waals surface area contributed by atoms with E-state index in [1.165, 1.54) is 9.80 Å². The molecule has 133 heavy (non-hydrogen) atoms. The summed E-state index contributed by atoms with van der Waals surface area (Å²) in [7, 11) is 1.57. The number of anilines is 3. The largest absolute Gasteiger partial charge is 0.508 e. The fourth-order valence-corrected chi connectivity index (χ4v) is 16.0. The number of hydrogen-bond acceptors (Lipinski definition) is 30. The molecular weight excluding hydrogens is 1750 g/mol. The molecule has 41 heteroatoms. The number of urea groups is 1. The predicted molar refractivity (Wildman–Crippen MR) is 496 cm³/mol. The van der Waals surface area contributed by atoms with Crippen LogP contribution in [0.4, 0.5) is 22.6 Å². The minimum Gasteiger partial charge on any atom is -0.508 e. The molecule has 8 atom stereocenters. The molecule has 9 aromatic rings. The molecule has 0 saturated carbocycles. The number of carbonyl (C=O) groups is 5. The van der Waals surface area contributed by atoms with E-state index in [0.717, 1.165) is 35.1 Å². The Hall–Kier alpha value is -11.8. The highest BCUT2D eigenvalue weighted by molar-refractivity contribution is 6.30. The summed E-state index contributed by atoms with van der Waals surface area (Å²) >= 11 is 12.8. The molecule has 0 bridgehead atoms. The number of ether oxygens (including phenoxy) is 8. The number of carbonyl (C=O) groups excluding carboxylic acids is 5. The summed E-state index contributed by atoms with van der Waals surface area (Å²) in [5.74, 6) is 2.02. The predicted octanol–water partition coefficient (Wildman–Crippen LogP) is 7.85. The van der Waals surface area contributed by atoms with Crippen molar-refractivity contribution < 1.29 is 72.1 Å². The van der Waals surface area contributed by atoms with E-state index in [1.807, 2.05) is 63.8 Å². The number of aliphatic imine (C=N–C) groups is 1. The van der Waals surface area contributed by atoms with Crippen LogP contribution in [0.1, 0.15) is 136 Å². The first kappa shape index (κ1) is 98.7. The Balaban J connectivity index is 0.505. The van der Waals surface area contributed by atoms with Crippen molar-refractivity contribution in [1.82, 2.24) is 89.7 Å². The number of amides is 6. The fraction of sp³-hybridized carbons (Fsp3) is 0.511. The van der Waals surface area contributed by atoms with Crippen molar-refractivity contribution >= 4 is 76.5 Å². The van der Waals surface area contributed by atoms with Crippen molar-refractivity contribution in [1.29, 1.82) is 0 Å². The first-order chi connectivity index (χ1) is 64.5. The molecule has 0 radical (unpaired) electrons. The van der Waals surface area contributed by atoms with Crippen LogP contribution in [0.15, 0.2) is 139 Å². The summed E-state index contributed by atoms with van der Waals surface area (Å²) in [6, 6.07) is 29.6. The normalized spacial score (nSPS) is 16.9. The second-order valence-corrected chi connectivity index (χ2v) is 34.3. The number of phenols is 2. The van der Waals surface area contributed by atoms with Crippen LogP contribution in [0.5, 0.6) is 23.0 Å². The lowest BCUT2D eigenvalue weighted by Crippen LogP contribution is -2.57. The fourth-order valence-electron chi connectivity index (χ4n) is 15.7. The monoisotopic (exact) mass is 1870 g/mol. The third-order valence-corrected chi connectivity index (χ3v) is 24.4. The SMILES string of the molecule is CCC(C)C(N)c1cn(C(Cc2ccc(O)cc2)C(=O)N2CCN(c3nc(NCCOCCOCCOCc4cn(CCOCCOCCOCCNC(=O)CN5CCN(C(=O)N6C(c7ccc(OC)cc7OC(C)C)=NC(c7ccc(Cl)cc7)C6c6ccc(Cl)cc6)CC5=O)nn4)nc(N4CCN(C(=O)C(Cc5ccc(O)cc5)n5cc(C(N)C(C)CC)nn5)CC4)n3)CC2)nn1. The van der Waals surface area contributed by atoms with Gasteiger partial charge in [0.1, 0.15) is 59.2 Å². The number of aromatic nitrogens is 12. The highest BCUT2D eigenvalue weighted by Crippen LogP contribution is 2.46. The van der Waals surface area contributed by atoms with Crippen molar-refractivity contribution in [2.45, 2.75) is 123 Å². The van der Waals surface area contributed by atoms with E-state index >= 15 is 4.79 Å². The van der Waals surface area contributed by atoms with Crippen LogP contribution >= 0.6 is 23.2 Å². The lowest BCUT2D eigenvalue weighted by Gasteiger charge is -2.38. The quantitative estimate of drug-likeness (QED) is 0.0198. The third kappa shape index (κ3) is 27.3. The Labute approximate surface area is 783 Å². The van der Waals surface area contributed by atoms with Gasteiger partial charge in [0, 0.05) is 107 Å². The second kappa shape index (κ2) is 48.7. The third-order valence-electron chi connectivity index (χ3n) is 23.9. The summed E-state index contributed by atoms with van der Waals surface area (Å²) in [6.45, 7) is 19.6. The number of nitrogens with one attached hydrogen (secondary N) is 2. The number of piperazine rings is 3. The van der Waals surface area contributed by atoms with E-state index in [9.17, 15) is 29.4 Å². The molecule has 39 nitrogen and oxygen atoms in total. The summed E-state index contributed by atoms with van der Waals surface area (Å²) in [4.78, 5) is 104.